The minimum absolute atomic E-state index is 0.465. The van der Waals surface area contributed by atoms with Gasteiger partial charge in [-0.25, -0.2) is 0 Å². The van der Waals surface area contributed by atoms with E-state index in [1.165, 1.54) is 17.1 Å². The molecular weight excluding hydrogens is 246 g/mol. The van der Waals surface area contributed by atoms with E-state index in [0.29, 0.717) is 6.04 Å². The average Bonchev–Trinajstić information content (AvgIpc) is 2.65. The highest BCUT2D eigenvalue weighted by Crippen LogP contribution is 2.28. The van der Waals surface area contributed by atoms with E-state index in [4.69, 9.17) is 11.6 Å². The number of rotatable bonds is 7. The molecule has 0 spiro atoms. The molecule has 0 aliphatic heterocycles. The molecule has 0 radical (unpaired) electrons. The summed E-state index contributed by atoms with van der Waals surface area (Å²) in [5, 5.41) is 3.56. The Balaban J connectivity index is 2.54. The van der Waals surface area contributed by atoms with Crippen LogP contribution >= 0.6 is 34.7 Å². The second-order valence-electron chi connectivity index (χ2n) is 3.31. The molecule has 1 unspecified atom stereocenters. The summed E-state index contributed by atoms with van der Waals surface area (Å²) in [5.74, 6) is 2.30. The van der Waals surface area contributed by atoms with Crippen molar-refractivity contribution in [1.82, 2.24) is 5.32 Å². The van der Waals surface area contributed by atoms with Gasteiger partial charge in [0.05, 0.1) is 10.4 Å². The normalized spacial score (nSPS) is 13.0. The fraction of sp³-hybridized carbons (Fsp3) is 0.636. The van der Waals surface area contributed by atoms with Crippen LogP contribution in [0.1, 0.15) is 31.2 Å². The lowest BCUT2D eigenvalue weighted by Gasteiger charge is -2.16. The van der Waals surface area contributed by atoms with Crippen molar-refractivity contribution < 1.29 is 0 Å². The Morgan fingerprint density at radius 1 is 1.47 bits per heavy atom. The van der Waals surface area contributed by atoms with Gasteiger partial charge in [-0.2, -0.15) is 11.8 Å². The maximum atomic E-state index is 5.96. The van der Waals surface area contributed by atoms with Gasteiger partial charge in [-0.3, -0.25) is 0 Å². The van der Waals surface area contributed by atoms with Crippen molar-refractivity contribution in [3.63, 3.8) is 0 Å². The van der Waals surface area contributed by atoms with Crippen LogP contribution in [-0.2, 0) is 0 Å². The first-order chi connectivity index (χ1) is 7.27. The van der Waals surface area contributed by atoms with Crippen molar-refractivity contribution in [2.45, 2.75) is 26.3 Å². The molecule has 86 valence electrons. The van der Waals surface area contributed by atoms with Gasteiger partial charge in [0, 0.05) is 10.6 Å². The molecule has 1 aromatic rings. The first-order valence-corrected chi connectivity index (χ1v) is 7.69. The Morgan fingerprint density at radius 2 is 2.27 bits per heavy atom. The van der Waals surface area contributed by atoms with Gasteiger partial charge >= 0.3 is 0 Å². The molecule has 1 N–H and O–H groups in total. The third-order valence-corrected chi connectivity index (χ3v) is 4.39. The number of halogens is 1. The second kappa shape index (κ2) is 7.55. The van der Waals surface area contributed by atoms with E-state index < -0.39 is 0 Å². The summed E-state index contributed by atoms with van der Waals surface area (Å²) in [7, 11) is 0. The van der Waals surface area contributed by atoms with Crippen LogP contribution in [-0.4, -0.2) is 18.1 Å². The van der Waals surface area contributed by atoms with Gasteiger partial charge in [-0.05, 0) is 30.9 Å². The molecule has 0 bridgehead atoms. The third kappa shape index (κ3) is 4.77. The van der Waals surface area contributed by atoms with Crippen LogP contribution in [0.2, 0.25) is 4.34 Å². The van der Waals surface area contributed by atoms with Crippen molar-refractivity contribution in [1.29, 1.82) is 0 Å². The Bertz CT molecular complexity index is 267. The van der Waals surface area contributed by atoms with E-state index in [-0.39, 0.29) is 0 Å². The van der Waals surface area contributed by atoms with Crippen molar-refractivity contribution in [2.24, 2.45) is 0 Å². The van der Waals surface area contributed by atoms with E-state index in [9.17, 15) is 0 Å². The van der Waals surface area contributed by atoms with E-state index >= 15 is 0 Å². The fourth-order valence-corrected chi connectivity index (χ4v) is 3.32. The molecule has 0 saturated heterocycles. The monoisotopic (exact) mass is 263 g/mol. The second-order valence-corrected chi connectivity index (χ2v) is 6.37. The molecule has 0 aliphatic carbocycles. The highest BCUT2D eigenvalue weighted by Gasteiger charge is 2.12. The van der Waals surface area contributed by atoms with Gasteiger partial charge in [0.1, 0.15) is 0 Å². The zero-order valence-corrected chi connectivity index (χ0v) is 11.6. The summed E-state index contributed by atoms with van der Waals surface area (Å²) in [6.07, 6.45) is 1.17. The predicted molar refractivity (Wildman–Crippen MR) is 73.4 cm³/mol. The lowest BCUT2D eigenvalue weighted by Crippen LogP contribution is -2.23. The van der Waals surface area contributed by atoms with E-state index in [1.807, 2.05) is 17.8 Å². The number of thioether (sulfide) groups is 1. The van der Waals surface area contributed by atoms with Crippen LogP contribution in [0.25, 0.3) is 0 Å². The van der Waals surface area contributed by atoms with E-state index in [0.717, 1.165) is 16.6 Å². The number of nitrogens with one attached hydrogen (secondary N) is 1. The van der Waals surface area contributed by atoms with Gasteiger partial charge in [0.25, 0.3) is 0 Å². The van der Waals surface area contributed by atoms with Gasteiger partial charge in [0.15, 0.2) is 0 Å². The van der Waals surface area contributed by atoms with Crippen LogP contribution in [0.15, 0.2) is 12.1 Å². The molecule has 0 saturated carbocycles. The van der Waals surface area contributed by atoms with Crippen molar-refractivity contribution >= 4 is 34.7 Å². The first-order valence-electron chi connectivity index (χ1n) is 5.34. The summed E-state index contributed by atoms with van der Waals surface area (Å²) in [5.41, 5.74) is 0. The molecule has 1 nitrogen and oxygen atoms in total. The summed E-state index contributed by atoms with van der Waals surface area (Å²) in [6.45, 7) is 5.46. The summed E-state index contributed by atoms with van der Waals surface area (Å²) in [4.78, 5) is 1.36. The van der Waals surface area contributed by atoms with Crippen molar-refractivity contribution in [2.75, 3.05) is 18.1 Å². The predicted octanol–water partition coefficient (Wildman–Crippen LogP) is 4.20. The largest absolute Gasteiger partial charge is 0.309 e. The SMILES string of the molecule is CCCNC(CSCC)c1ccc(Cl)s1. The van der Waals surface area contributed by atoms with Crippen LogP contribution in [0.5, 0.6) is 0 Å². The van der Waals surface area contributed by atoms with Gasteiger partial charge in [0.2, 0.25) is 0 Å². The molecule has 0 aromatic carbocycles. The van der Waals surface area contributed by atoms with Crippen LogP contribution in [0, 0.1) is 0 Å². The van der Waals surface area contributed by atoms with Crippen molar-refractivity contribution in [3.05, 3.63) is 21.3 Å². The number of hydrogen-bond donors (Lipinski definition) is 1. The molecule has 1 atom stereocenters. The smallest absolute Gasteiger partial charge is 0.0931 e. The quantitative estimate of drug-likeness (QED) is 0.792. The highest BCUT2D eigenvalue weighted by atomic mass is 35.5. The Morgan fingerprint density at radius 3 is 2.80 bits per heavy atom. The highest BCUT2D eigenvalue weighted by molar-refractivity contribution is 7.99. The van der Waals surface area contributed by atoms with Gasteiger partial charge in [-0.1, -0.05) is 25.4 Å². The molecular formula is C11H18ClNS2. The zero-order chi connectivity index (χ0) is 11.1. The first kappa shape index (κ1) is 13.4. The fourth-order valence-electron chi connectivity index (χ4n) is 1.31. The van der Waals surface area contributed by atoms with Gasteiger partial charge < -0.3 is 5.32 Å². The van der Waals surface area contributed by atoms with Crippen molar-refractivity contribution in [3.8, 4) is 0 Å². The zero-order valence-electron chi connectivity index (χ0n) is 9.25. The Labute approximate surface area is 106 Å². The Hall–Kier alpha value is 0.300. The van der Waals surface area contributed by atoms with Crippen LogP contribution in [0.3, 0.4) is 0 Å². The van der Waals surface area contributed by atoms with Crippen LogP contribution in [0.4, 0.5) is 0 Å². The van der Waals surface area contributed by atoms with E-state index in [1.54, 1.807) is 11.3 Å². The maximum Gasteiger partial charge on any atom is 0.0931 e. The topological polar surface area (TPSA) is 12.0 Å². The summed E-state index contributed by atoms with van der Waals surface area (Å²) in [6, 6.07) is 4.59. The number of thiophene rings is 1. The van der Waals surface area contributed by atoms with Crippen LogP contribution < -0.4 is 5.32 Å². The van der Waals surface area contributed by atoms with Gasteiger partial charge in [-0.15, -0.1) is 11.3 Å². The molecule has 0 amide bonds. The molecule has 0 fully saturated rings. The summed E-state index contributed by atoms with van der Waals surface area (Å²) < 4.78 is 0.884. The molecule has 0 aliphatic rings. The standard InChI is InChI=1S/C11H18ClNS2/c1-3-7-13-9(8-14-4-2)10-5-6-11(12)15-10/h5-6,9,13H,3-4,7-8H2,1-2H3. The number of hydrogen-bond acceptors (Lipinski definition) is 3. The maximum absolute atomic E-state index is 5.96. The summed E-state index contributed by atoms with van der Waals surface area (Å²) >= 11 is 9.61. The minimum atomic E-state index is 0.465. The average molecular weight is 264 g/mol. The molecule has 1 heterocycles. The van der Waals surface area contributed by atoms with E-state index in [2.05, 4.69) is 25.2 Å². The molecule has 15 heavy (non-hydrogen) atoms. The lowest BCUT2D eigenvalue weighted by molar-refractivity contribution is 0.585. The minimum Gasteiger partial charge on any atom is -0.309 e. The lowest BCUT2D eigenvalue weighted by atomic mass is 10.2. The molecule has 1 rings (SSSR count). The Kier molecular flexibility index (Phi) is 6.73. The third-order valence-electron chi connectivity index (χ3n) is 2.07. The molecule has 4 heteroatoms. The molecule has 1 aromatic heterocycles.